The lowest BCUT2D eigenvalue weighted by Crippen LogP contribution is -2.11. The van der Waals surface area contributed by atoms with Crippen LogP contribution < -0.4 is 0 Å². The van der Waals surface area contributed by atoms with Gasteiger partial charge < -0.3 is 14.6 Å². The van der Waals surface area contributed by atoms with Crippen molar-refractivity contribution < 1.29 is 5.11 Å². The van der Waals surface area contributed by atoms with Crippen LogP contribution in [0.2, 0.25) is 0 Å². The van der Waals surface area contributed by atoms with E-state index in [9.17, 15) is 5.11 Å². The van der Waals surface area contributed by atoms with E-state index in [2.05, 4.69) is 67.9 Å². The van der Waals surface area contributed by atoms with Crippen molar-refractivity contribution in [3.05, 3.63) is 58.2 Å². The number of phenols is 1. The Bertz CT molecular complexity index is 932. The third-order valence-corrected chi connectivity index (χ3v) is 6.42. The molecule has 5 heteroatoms. The maximum atomic E-state index is 10.6. The van der Waals surface area contributed by atoms with Gasteiger partial charge in [-0.05, 0) is 67.1 Å². The highest BCUT2D eigenvalue weighted by atomic mass is 79.9. The molecular weight excluding hydrogens is 408 g/mol. The summed E-state index contributed by atoms with van der Waals surface area (Å²) in [6.45, 7) is 0.724. The van der Waals surface area contributed by atoms with Crippen LogP contribution in [0.4, 0.5) is 0 Å². The van der Waals surface area contributed by atoms with Crippen LogP contribution in [-0.4, -0.2) is 28.7 Å². The lowest BCUT2D eigenvalue weighted by Gasteiger charge is -2.15. The van der Waals surface area contributed by atoms with E-state index in [1.54, 1.807) is 0 Å². The summed E-state index contributed by atoms with van der Waals surface area (Å²) in [5.74, 6) is 1.30. The second-order valence-electron chi connectivity index (χ2n) is 7.19. The van der Waals surface area contributed by atoms with Crippen molar-refractivity contribution in [1.29, 1.82) is 0 Å². The van der Waals surface area contributed by atoms with Gasteiger partial charge in [0.15, 0.2) is 0 Å². The number of benzene rings is 2. The van der Waals surface area contributed by atoms with Crippen molar-refractivity contribution in [3.63, 3.8) is 0 Å². The zero-order valence-electron chi connectivity index (χ0n) is 15.1. The van der Waals surface area contributed by atoms with Gasteiger partial charge in [-0.2, -0.15) is 0 Å². The molecule has 3 aromatic rings. The molecule has 0 atom stereocenters. The Morgan fingerprint density at radius 3 is 2.58 bits per heavy atom. The standard InChI is InChI=1S/C21H23BrN2OS/c1-23(2)12-18-17-10-15(13-26-16-6-4-3-5-7-16)24(14-8-9-14)20(17)11-19(22)21(18)25/h3-7,10-11,14,25H,8-9,12-13H2,1-2H3. The maximum absolute atomic E-state index is 10.6. The Kier molecular flexibility index (Phi) is 5.04. The first-order chi connectivity index (χ1) is 12.5. The molecule has 4 rings (SSSR count). The van der Waals surface area contributed by atoms with Crippen LogP contribution in [0.5, 0.6) is 5.75 Å². The minimum atomic E-state index is 0.362. The van der Waals surface area contributed by atoms with Crippen LogP contribution in [-0.2, 0) is 12.3 Å². The smallest absolute Gasteiger partial charge is 0.135 e. The zero-order valence-corrected chi connectivity index (χ0v) is 17.5. The van der Waals surface area contributed by atoms with Crippen LogP contribution in [0.1, 0.15) is 30.1 Å². The van der Waals surface area contributed by atoms with E-state index < -0.39 is 0 Å². The highest BCUT2D eigenvalue weighted by Crippen LogP contribution is 2.44. The molecule has 0 radical (unpaired) electrons. The first-order valence-electron chi connectivity index (χ1n) is 8.91. The molecule has 26 heavy (non-hydrogen) atoms. The van der Waals surface area contributed by atoms with Crippen molar-refractivity contribution in [2.75, 3.05) is 14.1 Å². The summed E-state index contributed by atoms with van der Waals surface area (Å²) in [7, 11) is 4.08. The third kappa shape index (κ3) is 3.53. The Labute approximate surface area is 167 Å². The third-order valence-electron chi connectivity index (χ3n) is 4.77. The molecule has 1 saturated carbocycles. The number of hydrogen-bond acceptors (Lipinski definition) is 3. The first kappa shape index (κ1) is 18.0. The highest BCUT2D eigenvalue weighted by molar-refractivity contribution is 9.10. The van der Waals surface area contributed by atoms with E-state index in [-0.39, 0.29) is 0 Å². The van der Waals surface area contributed by atoms with E-state index in [1.165, 1.54) is 34.3 Å². The summed E-state index contributed by atoms with van der Waals surface area (Å²) in [4.78, 5) is 3.39. The minimum Gasteiger partial charge on any atom is -0.506 e. The van der Waals surface area contributed by atoms with E-state index in [1.807, 2.05) is 25.9 Å². The molecule has 0 aliphatic heterocycles. The molecule has 3 nitrogen and oxygen atoms in total. The highest BCUT2D eigenvalue weighted by Gasteiger charge is 2.29. The van der Waals surface area contributed by atoms with E-state index in [0.717, 1.165) is 22.3 Å². The van der Waals surface area contributed by atoms with Crippen molar-refractivity contribution in [2.24, 2.45) is 0 Å². The Morgan fingerprint density at radius 2 is 1.92 bits per heavy atom. The topological polar surface area (TPSA) is 28.4 Å². The number of aromatic nitrogens is 1. The molecule has 1 aromatic heterocycles. The van der Waals surface area contributed by atoms with Gasteiger partial charge in [0.1, 0.15) is 5.75 Å². The summed E-state index contributed by atoms with van der Waals surface area (Å²) >= 11 is 5.43. The number of fused-ring (bicyclic) bond motifs is 1. The number of aromatic hydroxyl groups is 1. The predicted octanol–water partition coefficient (Wildman–Crippen LogP) is 5.80. The van der Waals surface area contributed by atoms with Crippen LogP contribution in [0.25, 0.3) is 10.9 Å². The first-order valence-corrected chi connectivity index (χ1v) is 10.7. The maximum Gasteiger partial charge on any atom is 0.135 e. The number of hydrogen-bond donors (Lipinski definition) is 1. The molecule has 136 valence electrons. The number of rotatable bonds is 6. The summed E-state index contributed by atoms with van der Waals surface area (Å²) < 4.78 is 3.28. The lowest BCUT2D eigenvalue weighted by molar-refractivity contribution is 0.387. The Balaban J connectivity index is 1.78. The predicted molar refractivity (Wildman–Crippen MR) is 113 cm³/mol. The summed E-state index contributed by atoms with van der Waals surface area (Å²) in [6.07, 6.45) is 2.49. The summed E-state index contributed by atoms with van der Waals surface area (Å²) in [5.41, 5.74) is 3.58. The molecule has 0 amide bonds. The normalized spacial score (nSPS) is 14.5. The molecule has 1 fully saturated rings. The largest absolute Gasteiger partial charge is 0.506 e. The molecule has 1 N–H and O–H groups in total. The molecule has 1 aliphatic carbocycles. The molecule has 0 saturated heterocycles. The SMILES string of the molecule is CN(C)Cc1c(O)c(Br)cc2c1cc(CSc1ccccc1)n2C1CC1. The summed E-state index contributed by atoms with van der Waals surface area (Å²) in [5, 5.41) is 11.8. The van der Waals surface area contributed by atoms with Crippen LogP contribution >= 0.6 is 27.7 Å². The van der Waals surface area contributed by atoms with Crippen molar-refractivity contribution in [3.8, 4) is 5.75 Å². The van der Waals surface area contributed by atoms with Gasteiger partial charge in [-0.3, -0.25) is 0 Å². The van der Waals surface area contributed by atoms with Gasteiger partial charge in [0.05, 0.1) is 9.99 Å². The Hall–Kier alpha value is -1.43. The van der Waals surface area contributed by atoms with E-state index in [0.29, 0.717) is 11.8 Å². The quantitative estimate of drug-likeness (QED) is 0.500. The van der Waals surface area contributed by atoms with E-state index >= 15 is 0 Å². The molecule has 2 aromatic carbocycles. The van der Waals surface area contributed by atoms with E-state index in [4.69, 9.17) is 0 Å². The van der Waals surface area contributed by atoms with Crippen LogP contribution in [0.3, 0.4) is 0 Å². The number of phenolic OH excluding ortho intramolecular Hbond substituents is 1. The molecule has 1 heterocycles. The van der Waals surface area contributed by atoms with Gasteiger partial charge in [0.25, 0.3) is 0 Å². The molecule has 0 unspecified atom stereocenters. The molecular formula is C21H23BrN2OS. The number of nitrogens with zero attached hydrogens (tertiary/aromatic N) is 2. The summed E-state index contributed by atoms with van der Waals surface area (Å²) in [6, 6.07) is 15.5. The Morgan fingerprint density at radius 1 is 1.19 bits per heavy atom. The van der Waals surface area contributed by atoms with Gasteiger partial charge in [0.2, 0.25) is 0 Å². The van der Waals surface area contributed by atoms with Crippen molar-refractivity contribution in [2.45, 2.75) is 36.1 Å². The fraction of sp³-hybridized carbons (Fsp3) is 0.333. The van der Waals surface area contributed by atoms with Gasteiger partial charge in [-0.25, -0.2) is 0 Å². The van der Waals surface area contributed by atoms with Gasteiger partial charge >= 0.3 is 0 Å². The fourth-order valence-electron chi connectivity index (χ4n) is 3.47. The number of halogens is 1. The average Bonchev–Trinajstić information content (AvgIpc) is 3.39. The average molecular weight is 431 g/mol. The monoisotopic (exact) mass is 430 g/mol. The van der Waals surface area contributed by atoms with Crippen molar-refractivity contribution in [1.82, 2.24) is 9.47 Å². The fourth-order valence-corrected chi connectivity index (χ4v) is 4.81. The van der Waals surface area contributed by atoms with Crippen LogP contribution in [0.15, 0.2) is 51.8 Å². The van der Waals surface area contributed by atoms with Gasteiger partial charge in [0, 0.05) is 39.9 Å². The second kappa shape index (κ2) is 7.29. The molecule has 0 bridgehead atoms. The van der Waals surface area contributed by atoms with Crippen molar-refractivity contribution >= 4 is 38.6 Å². The second-order valence-corrected chi connectivity index (χ2v) is 9.10. The zero-order chi connectivity index (χ0) is 18.3. The molecule has 1 aliphatic rings. The lowest BCUT2D eigenvalue weighted by atomic mass is 10.1. The van der Waals surface area contributed by atoms with Crippen LogP contribution in [0, 0.1) is 0 Å². The number of thioether (sulfide) groups is 1. The molecule has 0 spiro atoms. The minimum absolute atomic E-state index is 0.362. The van der Waals surface area contributed by atoms with Gasteiger partial charge in [-0.15, -0.1) is 11.8 Å². The van der Waals surface area contributed by atoms with Gasteiger partial charge in [-0.1, -0.05) is 18.2 Å².